The van der Waals surface area contributed by atoms with Gasteiger partial charge in [-0.3, -0.25) is 4.79 Å². The van der Waals surface area contributed by atoms with Gasteiger partial charge in [-0.05, 0) is 31.9 Å². The number of thiazole rings is 1. The normalized spacial score (nSPS) is 18.5. The summed E-state index contributed by atoms with van der Waals surface area (Å²) in [5.74, 6) is -0.713. The number of ether oxygens (including phenoxy) is 2. The minimum absolute atomic E-state index is 0.184. The number of hydrogen-bond acceptors (Lipinski definition) is 6. The minimum atomic E-state index is -0.523. The zero-order valence-corrected chi connectivity index (χ0v) is 14.5. The fourth-order valence-corrected chi connectivity index (χ4v) is 3.60. The second-order valence-electron chi connectivity index (χ2n) is 5.81. The van der Waals surface area contributed by atoms with Crippen LogP contribution in [-0.4, -0.2) is 48.1 Å². The van der Waals surface area contributed by atoms with Gasteiger partial charge in [-0.25, -0.2) is 9.78 Å². The standard InChI is InChI=1S/C17H20N2O4S/c1-11(16-18-12-6-3-4-8-14(12)24-16)19(2)15(20)10-23-17(21)13-7-5-9-22-13/h3-4,6,8,11,13H,5,7,9-10H2,1-2H3/t11-,13+/m0/s1. The summed E-state index contributed by atoms with van der Waals surface area (Å²) in [7, 11) is 1.69. The van der Waals surface area contributed by atoms with Crippen molar-refractivity contribution in [2.75, 3.05) is 20.3 Å². The van der Waals surface area contributed by atoms with Crippen LogP contribution < -0.4 is 0 Å². The van der Waals surface area contributed by atoms with E-state index < -0.39 is 12.1 Å². The van der Waals surface area contributed by atoms with Crippen molar-refractivity contribution in [2.24, 2.45) is 0 Å². The van der Waals surface area contributed by atoms with Gasteiger partial charge in [0.25, 0.3) is 5.91 Å². The number of fused-ring (bicyclic) bond motifs is 1. The quantitative estimate of drug-likeness (QED) is 0.777. The average Bonchev–Trinajstić information content (AvgIpc) is 3.26. The molecule has 1 aliphatic rings. The first-order valence-electron chi connectivity index (χ1n) is 7.95. The topological polar surface area (TPSA) is 68.7 Å². The Morgan fingerprint density at radius 1 is 1.46 bits per heavy atom. The van der Waals surface area contributed by atoms with Gasteiger partial charge < -0.3 is 14.4 Å². The number of hydrogen-bond donors (Lipinski definition) is 0. The maximum atomic E-state index is 12.3. The molecule has 0 spiro atoms. The van der Waals surface area contributed by atoms with Crippen LogP contribution in [0.15, 0.2) is 24.3 Å². The summed E-state index contributed by atoms with van der Waals surface area (Å²) in [6, 6.07) is 7.68. The Labute approximate surface area is 144 Å². The SMILES string of the molecule is C[C@@H](c1nc2ccccc2s1)N(C)C(=O)COC(=O)[C@H]1CCCO1. The number of aromatic nitrogens is 1. The number of amides is 1. The van der Waals surface area contributed by atoms with Crippen LogP contribution in [0.25, 0.3) is 10.2 Å². The first-order valence-corrected chi connectivity index (χ1v) is 8.77. The van der Waals surface area contributed by atoms with Crippen LogP contribution in [-0.2, 0) is 19.1 Å². The van der Waals surface area contributed by atoms with Crippen molar-refractivity contribution in [3.8, 4) is 0 Å². The van der Waals surface area contributed by atoms with Gasteiger partial charge in [0.15, 0.2) is 12.7 Å². The molecule has 1 fully saturated rings. The molecule has 0 aliphatic carbocycles. The molecule has 0 bridgehead atoms. The van der Waals surface area contributed by atoms with Gasteiger partial charge in [-0.2, -0.15) is 0 Å². The lowest BCUT2D eigenvalue weighted by atomic mass is 10.2. The molecule has 0 radical (unpaired) electrons. The van der Waals surface area contributed by atoms with Crippen molar-refractivity contribution in [1.82, 2.24) is 9.88 Å². The van der Waals surface area contributed by atoms with E-state index in [1.54, 1.807) is 23.3 Å². The molecule has 2 aromatic rings. The molecule has 0 saturated carbocycles. The predicted octanol–water partition coefficient (Wildman–Crippen LogP) is 2.54. The van der Waals surface area contributed by atoms with Crippen molar-refractivity contribution in [3.05, 3.63) is 29.3 Å². The van der Waals surface area contributed by atoms with Crippen LogP contribution in [0.1, 0.15) is 30.8 Å². The highest BCUT2D eigenvalue weighted by Crippen LogP contribution is 2.28. The summed E-state index contributed by atoms with van der Waals surface area (Å²) in [5.41, 5.74) is 0.926. The highest BCUT2D eigenvalue weighted by molar-refractivity contribution is 7.18. The lowest BCUT2D eigenvalue weighted by Crippen LogP contribution is -2.35. The van der Waals surface area contributed by atoms with Crippen molar-refractivity contribution >= 4 is 33.4 Å². The Morgan fingerprint density at radius 2 is 2.25 bits per heavy atom. The van der Waals surface area contributed by atoms with Gasteiger partial charge in [0, 0.05) is 13.7 Å². The van der Waals surface area contributed by atoms with Crippen molar-refractivity contribution in [3.63, 3.8) is 0 Å². The Hall–Kier alpha value is -1.99. The molecular formula is C17H20N2O4S. The minimum Gasteiger partial charge on any atom is -0.454 e. The Morgan fingerprint density at radius 3 is 2.96 bits per heavy atom. The molecular weight excluding hydrogens is 328 g/mol. The van der Waals surface area contributed by atoms with E-state index in [-0.39, 0.29) is 18.6 Å². The molecule has 1 aliphatic heterocycles. The van der Waals surface area contributed by atoms with E-state index in [2.05, 4.69) is 4.98 Å². The lowest BCUT2D eigenvalue weighted by Gasteiger charge is -2.23. The van der Waals surface area contributed by atoms with E-state index in [1.165, 1.54) is 0 Å². The lowest BCUT2D eigenvalue weighted by molar-refractivity contribution is -0.160. The maximum Gasteiger partial charge on any atom is 0.335 e. The second-order valence-corrected chi connectivity index (χ2v) is 6.87. The fourth-order valence-electron chi connectivity index (χ4n) is 2.54. The smallest absolute Gasteiger partial charge is 0.335 e. The van der Waals surface area contributed by atoms with Crippen LogP contribution in [0.3, 0.4) is 0 Å². The molecule has 1 aromatic carbocycles. The summed E-state index contributed by atoms with van der Waals surface area (Å²) in [4.78, 5) is 30.2. The molecule has 1 saturated heterocycles. The number of nitrogens with zero attached hydrogens (tertiary/aromatic N) is 2. The monoisotopic (exact) mass is 348 g/mol. The van der Waals surface area contributed by atoms with Crippen LogP contribution in [0.5, 0.6) is 0 Å². The largest absolute Gasteiger partial charge is 0.454 e. The molecule has 24 heavy (non-hydrogen) atoms. The zero-order chi connectivity index (χ0) is 17.1. The summed E-state index contributed by atoms with van der Waals surface area (Å²) in [5, 5.41) is 0.859. The van der Waals surface area contributed by atoms with Gasteiger partial charge in [0.1, 0.15) is 5.01 Å². The maximum absolute atomic E-state index is 12.3. The van der Waals surface area contributed by atoms with E-state index in [1.807, 2.05) is 31.2 Å². The molecule has 2 atom stereocenters. The van der Waals surface area contributed by atoms with Gasteiger partial charge in [-0.1, -0.05) is 12.1 Å². The van der Waals surface area contributed by atoms with Gasteiger partial charge in [-0.15, -0.1) is 11.3 Å². The number of benzene rings is 1. The molecule has 1 amide bonds. The van der Waals surface area contributed by atoms with E-state index >= 15 is 0 Å². The Kier molecular flexibility index (Phi) is 5.11. The van der Waals surface area contributed by atoms with E-state index in [0.717, 1.165) is 21.6 Å². The van der Waals surface area contributed by atoms with Crippen LogP contribution in [0.4, 0.5) is 0 Å². The van der Waals surface area contributed by atoms with Gasteiger partial charge in [0.05, 0.1) is 16.3 Å². The summed E-state index contributed by atoms with van der Waals surface area (Å²) >= 11 is 1.56. The van der Waals surface area contributed by atoms with Crippen molar-refractivity contribution < 1.29 is 19.1 Å². The first kappa shape index (κ1) is 16.9. The molecule has 0 N–H and O–H groups in total. The number of esters is 1. The Balaban J connectivity index is 1.58. The number of para-hydroxylation sites is 1. The van der Waals surface area contributed by atoms with Crippen molar-refractivity contribution in [2.45, 2.75) is 31.9 Å². The van der Waals surface area contributed by atoms with Gasteiger partial charge >= 0.3 is 5.97 Å². The first-order chi connectivity index (χ1) is 11.6. The Bertz CT molecular complexity index is 706. The van der Waals surface area contributed by atoms with E-state index in [4.69, 9.17) is 9.47 Å². The van der Waals surface area contributed by atoms with Crippen LogP contribution in [0.2, 0.25) is 0 Å². The summed E-state index contributed by atoms with van der Waals surface area (Å²) < 4.78 is 11.4. The summed E-state index contributed by atoms with van der Waals surface area (Å²) in [6.07, 6.45) is 0.984. The zero-order valence-electron chi connectivity index (χ0n) is 13.7. The van der Waals surface area contributed by atoms with Crippen molar-refractivity contribution in [1.29, 1.82) is 0 Å². The third-order valence-electron chi connectivity index (χ3n) is 4.17. The molecule has 6 nitrogen and oxygen atoms in total. The third-order valence-corrected chi connectivity index (χ3v) is 5.38. The number of rotatable bonds is 5. The third kappa shape index (κ3) is 3.57. The van der Waals surface area contributed by atoms with E-state index in [0.29, 0.717) is 13.0 Å². The highest BCUT2D eigenvalue weighted by atomic mass is 32.1. The molecule has 2 heterocycles. The second kappa shape index (κ2) is 7.27. The highest BCUT2D eigenvalue weighted by Gasteiger charge is 2.27. The molecule has 1 aromatic heterocycles. The number of likely N-dealkylation sites (N-methyl/N-ethyl adjacent to an activating group) is 1. The molecule has 128 valence electrons. The molecule has 7 heteroatoms. The van der Waals surface area contributed by atoms with Crippen LogP contribution in [0, 0.1) is 0 Å². The number of carbonyl (C=O) groups is 2. The average molecular weight is 348 g/mol. The molecule has 0 unspecified atom stereocenters. The van der Waals surface area contributed by atoms with Crippen LogP contribution >= 0.6 is 11.3 Å². The summed E-state index contributed by atoms with van der Waals surface area (Å²) in [6.45, 7) is 2.21. The van der Waals surface area contributed by atoms with Gasteiger partial charge in [0.2, 0.25) is 0 Å². The predicted molar refractivity (Wildman–Crippen MR) is 90.7 cm³/mol. The molecule has 3 rings (SSSR count). The van der Waals surface area contributed by atoms with E-state index in [9.17, 15) is 9.59 Å². The number of carbonyl (C=O) groups excluding carboxylic acids is 2. The fraction of sp³-hybridized carbons (Fsp3) is 0.471.